The molecule has 0 N–H and O–H groups in total. The molecular formula is C17H25NO3. The quantitative estimate of drug-likeness (QED) is 0.781. The summed E-state index contributed by atoms with van der Waals surface area (Å²) < 4.78 is 10.6. The van der Waals surface area contributed by atoms with Gasteiger partial charge in [0, 0.05) is 13.1 Å². The van der Waals surface area contributed by atoms with Crippen LogP contribution in [-0.4, -0.2) is 43.8 Å². The maximum absolute atomic E-state index is 12.1. The van der Waals surface area contributed by atoms with Crippen molar-refractivity contribution in [1.29, 1.82) is 0 Å². The van der Waals surface area contributed by atoms with Gasteiger partial charge in [0.15, 0.2) is 0 Å². The Labute approximate surface area is 127 Å². The number of carbonyl (C=O) groups is 1. The van der Waals surface area contributed by atoms with E-state index >= 15 is 0 Å². The van der Waals surface area contributed by atoms with Crippen LogP contribution in [0.25, 0.3) is 0 Å². The van der Waals surface area contributed by atoms with Gasteiger partial charge in [-0.15, -0.1) is 0 Å². The van der Waals surface area contributed by atoms with Crippen molar-refractivity contribution < 1.29 is 14.3 Å². The smallest absolute Gasteiger partial charge is 0.307 e. The number of benzene rings is 1. The minimum atomic E-state index is -0.346. The van der Waals surface area contributed by atoms with Crippen molar-refractivity contribution in [3.05, 3.63) is 35.4 Å². The minimum absolute atomic E-state index is 0.144. The van der Waals surface area contributed by atoms with Gasteiger partial charge in [-0.1, -0.05) is 24.3 Å². The number of carbonyl (C=O) groups excluding carboxylic acids is 1. The van der Waals surface area contributed by atoms with E-state index in [-0.39, 0.29) is 11.5 Å². The summed E-state index contributed by atoms with van der Waals surface area (Å²) in [4.78, 5) is 14.4. The van der Waals surface area contributed by atoms with E-state index in [4.69, 9.17) is 9.47 Å². The highest BCUT2D eigenvalue weighted by Gasteiger charge is 2.38. The molecule has 1 aromatic carbocycles. The van der Waals surface area contributed by atoms with E-state index in [1.165, 1.54) is 11.1 Å². The van der Waals surface area contributed by atoms with Crippen molar-refractivity contribution in [2.75, 3.05) is 32.9 Å². The van der Waals surface area contributed by atoms with Crippen molar-refractivity contribution in [3.63, 3.8) is 0 Å². The van der Waals surface area contributed by atoms with E-state index < -0.39 is 0 Å². The first kappa shape index (κ1) is 16.0. The van der Waals surface area contributed by atoms with Crippen LogP contribution >= 0.6 is 0 Å². The highest BCUT2D eigenvalue weighted by molar-refractivity contribution is 5.71. The van der Waals surface area contributed by atoms with Crippen LogP contribution in [0.15, 0.2) is 24.3 Å². The molecule has 1 fully saturated rings. The van der Waals surface area contributed by atoms with Crippen LogP contribution in [0.5, 0.6) is 0 Å². The molecule has 1 aromatic rings. The second kappa shape index (κ2) is 7.05. The van der Waals surface area contributed by atoms with E-state index in [1.54, 1.807) is 0 Å². The van der Waals surface area contributed by atoms with Gasteiger partial charge in [0.1, 0.15) is 0 Å². The number of rotatable bonds is 5. The van der Waals surface area contributed by atoms with Gasteiger partial charge in [0.25, 0.3) is 0 Å². The molecule has 21 heavy (non-hydrogen) atoms. The van der Waals surface area contributed by atoms with Gasteiger partial charge < -0.3 is 9.47 Å². The van der Waals surface area contributed by atoms with Gasteiger partial charge >= 0.3 is 5.97 Å². The zero-order valence-corrected chi connectivity index (χ0v) is 13.2. The summed E-state index contributed by atoms with van der Waals surface area (Å²) in [5.41, 5.74) is 2.05. The lowest BCUT2D eigenvalue weighted by molar-refractivity contribution is -0.147. The zero-order valence-electron chi connectivity index (χ0n) is 13.2. The molecule has 0 aromatic heterocycles. The van der Waals surface area contributed by atoms with E-state index in [0.29, 0.717) is 26.2 Å². The van der Waals surface area contributed by atoms with Crippen LogP contribution in [0, 0.1) is 6.92 Å². The van der Waals surface area contributed by atoms with Gasteiger partial charge in [-0.05, 0) is 31.9 Å². The molecule has 0 saturated carbocycles. The Morgan fingerprint density at radius 3 is 2.62 bits per heavy atom. The van der Waals surface area contributed by atoms with E-state index in [1.807, 2.05) is 19.1 Å². The number of hydrogen-bond donors (Lipinski definition) is 0. The molecule has 0 aliphatic carbocycles. The third-order valence-corrected chi connectivity index (χ3v) is 4.23. The predicted molar refractivity (Wildman–Crippen MR) is 82.2 cm³/mol. The fraction of sp³-hybridized carbons (Fsp3) is 0.588. The number of ether oxygens (including phenoxy) is 2. The maximum Gasteiger partial charge on any atom is 0.307 e. The topological polar surface area (TPSA) is 38.8 Å². The Kier molecular flexibility index (Phi) is 5.37. The average molecular weight is 291 g/mol. The van der Waals surface area contributed by atoms with Crippen molar-refractivity contribution in [1.82, 2.24) is 4.90 Å². The lowest BCUT2D eigenvalue weighted by atomic mass is 9.83. The first-order valence-electron chi connectivity index (χ1n) is 7.62. The lowest BCUT2D eigenvalue weighted by Crippen LogP contribution is -2.51. The van der Waals surface area contributed by atoms with E-state index in [2.05, 4.69) is 30.9 Å². The van der Waals surface area contributed by atoms with Crippen molar-refractivity contribution >= 4 is 5.97 Å². The molecule has 1 heterocycles. The Hall–Kier alpha value is -1.39. The number of hydrogen-bond acceptors (Lipinski definition) is 4. The molecular weight excluding hydrogens is 266 g/mol. The Bertz CT molecular complexity index is 483. The van der Waals surface area contributed by atoms with Gasteiger partial charge in [-0.3, -0.25) is 9.69 Å². The average Bonchev–Trinajstić information content (AvgIpc) is 2.48. The van der Waals surface area contributed by atoms with Crippen LogP contribution in [-0.2, 0) is 19.8 Å². The molecule has 0 radical (unpaired) electrons. The first-order chi connectivity index (χ1) is 10.1. The number of aryl methyl sites for hydroxylation is 1. The first-order valence-corrected chi connectivity index (χ1v) is 7.62. The summed E-state index contributed by atoms with van der Waals surface area (Å²) in [5.74, 6) is -0.144. The van der Waals surface area contributed by atoms with Crippen molar-refractivity contribution in [2.24, 2.45) is 0 Å². The van der Waals surface area contributed by atoms with Gasteiger partial charge in [0.2, 0.25) is 0 Å². The minimum Gasteiger partial charge on any atom is -0.466 e. The largest absolute Gasteiger partial charge is 0.466 e. The summed E-state index contributed by atoms with van der Waals surface area (Å²) in [6.45, 7) is 9.60. The fourth-order valence-corrected chi connectivity index (χ4v) is 3.10. The third kappa shape index (κ3) is 3.63. The van der Waals surface area contributed by atoms with Crippen LogP contribution in [0.4, 0.5) is 0 Å². The Balaban J connectivity index is 2.33. The van der Waals surface area contributed by atoms with Crippen LogP contribution in [0.1, 0.15) is 31.4 Å². The molecule has 1 unspecified atom stereocenters. The molecule has 1 atom stereocenters. The number of morpholine rings is 1. The van der Waals surface area contributed by atoms with Crippen LogP contribution in [0.2, 0.25) is 0 Å². The molecule has 1 aliphatic rings. The molecule has 0 bridgehead atoms. The highest BCUT2D eigenvalue weighted by atomic mass is 16.5. The maximum atomic E-state index is 12.1. The molecule has 0 amide bonds. The van der Waals surface area contributed by atoms with Gasteiger partial charge in [-0.25, -0.2) is 0 Å². The van der Waals surface area contributed by atoms with Crippen molar-refractivity contribution in [3.8, 4) is 0 Å². The summed E-state index contributed by atoms with van der Waals surface area (Å²) in [6, 6.07) is 8.28. The SMILES string of the molecule is CCOC(=O)CC(C)(c1ccccc1C)N1CCOCC1. The third-order valence-electron chi connectivity index (χ3n) is 4.23. The summed E-state index contributed by atoms with van der Waals surface area (Å²) in [5, 5.41) is 0. The van der Waals surface area contributed by atoms with Crippen LogP contribution in [0.3, 0.4) is 0 Å². The van der Waals surface area contributed by atoms with E-state index in [0.717, 1.165) is 13.1 Å². The van der Waals surface area contributed by atoms with Crippen molar-refractivity contribution in [2.45, 2.75) is 32.7 Å². The fourth-order valence-electron chi connectivity index (χ4n) is 3.10. The normalized spacial score (nSPS) is 19.0. The summed E-state index contributed by atoms with van der Waals surface area (Å²) in [7, 11) is 0. The van der Waals surface area contributed by atoms with Gasteiger partial charge in [-0.2, -0.15) is 0 Å². The second-order valence-corrected chi connectivity index (χ2v) is 5.67. The molecule has 2 rings (SSSR count). The summed E-state index contributed by atoms with van der Waals surface area (Å²) in [6.07, 6.45) is 0.367. The number of esters is 1. The van der Waals surface area contributed by atoms with E-state index in [9.17, 15) is 4.79 Å². The lowest BCUT2D eigenvalue weighted by Gasteiger charge is -2.43. The molecule has 1 aliphatic heterocycles. The predicted octanol–water partition coefficient (Wildman–Crippen LogP) is 2.50. The summed E-state index contributed by atoms with van der Waals surface area (Å²) >= 11 is 0. The molecule has 4 heteroatoms. The molecule has 116 valence electrons. The Morgan fingerprint density at radius 1 is 1.33 bits per heavy atom. The Morgan fingerprint density at radius 2 is 2.00 bits per heavy atom. The molecule has 0 spiro atoms. The standard InChI is InChI=1S/C17H25NO3/c1-4-21-16(19)13-17(3,18-9-11-20-12-10-18)15-8-6-5-7-14(15)2/h5-8H,4,9-13H2,1-3H3. The zero-order chi connectivity index (χ0) is 15.3. The number of nitrogens with zero attached hydrogens (tertiary/aromatic N) is 1. The molecule has 1 saturated heterocycles. The molecule has 4 nitrogen and oxygen atoms in total. The highest BCUT2D eigenvalue weighted by Crippen LogP contribution is 2.35. The second-order valence-electron chi connectivity index (χ2n) is 5.67. The monoisotopic (exact) mass is 291 g/mol. The van der Waals surface area contributed by atoms with Crippen LogP contribution < -0.4 is 0 Å². The van der Waals surface area contributed by atoms with Gasteiger partial charge in [0.05, 0.1) is 31.8 Å².